The fourth-order valence-electron chi connectivity index (χ4n) is 2.58. The van der Waals surface area contributed by atoms with Crippen LogP contribution in [-0.4, -0.2) is 55.3 Å². The number of nitrogens with zero attached hydrogens (tertiary/aromatic N) is 3. The van der Waals surface area contributed by atoms with Crippen LogP contribution in [0.1, 0.15) is 31.9 Å². The van der Waals surface area contributed by atoms with Gasteiger partial charge < -0.3 is 19.8 Å². The summed E-state index contributed by atoms with van der Waals surface area (Å²) in [4.78, 5) is 33.1. The van der Waals surface area contributed by atoms with E-state index in [-0.39, 0.29) is 30.0 Å². The number of halogens is 1. The number of amides is 2. The number of hydrogen-bond donors (Lipinski definition) is 1. The van der Waals surface area contributed by atoms with E-state index in [0.29, 0.717) is 30.8 Å². The second-order valence-electron chi connectivity index (χ2n) is 7.53. The van der Waals surface area contributed by atoms with Gasteiger partial charge in [-0.05, 0) is 52.1 Å². The molecule has 0 aromatic heterocycles. The summed E-state index contributed by atoms with van der Waals surface area (Å²) in [5.41, 5.74) is 0.529. The van der Waals surface area contributed by atoms with E-state index in [1.54, 1.807) is 11.8 Å². The number of ether oxygens (including phenoxy) is 1. The Hall–Kier alpha value is -2.97. The Balaban J connectivity index is 1.93. The number of aryl methyl sites for hydroxylation is 1. The average molecular weight is 392 g/mol. The zero-order valence-corrected chi connectivity index (χ0v) is 16.5. The smallest absolute Gasteiger partial charge is 0.410 e. The van der Waals surface area contributed by atoms with E-state index in [9.17, 15) is 14.0 Å². The van der Waals surface area contributed by atoms with Crippen LogP contribution in [0, 0.1) is 18.7 Å². The minimum absolute atomic E-state index is 0.0326. The summed E-state index contributed by atoms with van der Waals surface area (Å²) in [6.07, 6.45) is 0.142. The molecule has 1 fully saturated rings. The number of anilines is 1. The van der Waals surface area contributed by atoms with Crippen molar-refractivity contribution in [3.05, 3.63) is 29.1 Å². The van der Waals surface area contributed by atoms with Gasteiger partial charge in [-0.1, -0.05) is 5.16 Å². The van der Waals surface area contributed by atoms with Crippen LogP contribution in [-0.2, 0) is 14.4 Å². The maximum atomic E-state index is 14.2. The van der Waals surface area contributed by atoms with Gasteiger partial charge in [0.2, 0.25) is 12.2 Å². The number of likely N-dealkylation sites (tertiary alicyclic amines) is 1. The molecule has 1 aromatic rings. The number of rotatable bonds is 6. The van der Waals surface area contributed by atoms with Crippen LogP contribution in [0.5, 0.6) is 0 Å². The van der Waals surface area contributed by atoms with Crippen LogP contribution >= 0.6 is 0 Å². The molecule has 0 aliphatic carbocycles. The molecule has 1 aliphatic heterocycles. The highest BCUT2D eigenvalue weighted by atomic mass is 19.1. The number of carbonyl (C=O) groups is 2. The molecular formula is C19H25FN4O4. The fourth-order valence-corrected chi connectivity index (χ4v) is 2.58. The molecule has 1 heterocycles. The van der Waals surface area contributed by atoms with Gasteiger partial charge in [-0.15, -0.1) is 0 Å². The minimum Gasteiger partial charge on any atom is -0.444 e. The van der Waals surface area contributed by atoms with Gasteiger partial charge in [0.05, 0.1) is 5.56 Å². The van der Waals surface area contributed by atoms with E-state index in [0.717, 1.165) is 0 Å². The molecule has 1 N–H and O–H groups in total. The molecule has 28 heavy (non-hydrogen) atoms. The lowest BCUT2D eigenvalue weighted by Crippen LogP contribution is -2.52. The lowest BCUT2D eigenvalue weighted by molar-refractivity contribution is -0.105. The van der Waals surface area contributed by atoms with Crippen LogP contribution in [0.3, 0.4) is 0 Å². The van der Waals surface area contributed by atoms with Crippen molar-refractivity contribution in [3.63, 3.8) is 0 Å². The van der Waals surface area contributed by atoms with Crippen molar-refractivity contribution in [2.45, 2.75) is 33.3 Å². The van der Waals surface area contributed by atoms with E-state index in [1.807, 2.05) is 20.8 Å². The predicted octanol–water partition coefficient (Wildman–Crippen LogP) is 2.95. The number of benzene rings is 1. The second-order valence-corrected chi connectivity index (χ2v) is 7.53. The molecule has 152 valence electrons. The Bertz CT molecular complexity index is 783. The van der Waals surface area contributed by atoms with Gasteiger partial charge in [-0.2, -0.15) is 0 Å². The highest BCUT2D eigenvalue weighted by Gasteiger charge is 2.34. The molecule has 1 aromatic carbocycles. The molecule has 1 saturated heterocycles. The van der Waals surface area contributed by atoms with Crippen LogP contribution in [0.25, 0.3) is 0 Å². The minimum atomic E-state index is -0.552. The molecule has 2 rings (SSSR count). The van der Waals surface area contributed by atoms with Crippen LogP contribution in [0.2, 0.25) is 0 Å². The Morgan fingerprint density at radius 2 is 2.11 bits per heavy atom. The molecule has 8 nitrogen and oxygen atoms in total. The first-order chi connectivity index (χ1) is 13.1. The Morgan fingerprint density at radius 3 is 2.68 bits per heavy atom. The molecular weight excluding hydrogens is 367 g/mol. The normalized spacial score (nSPS) is 14.9. The number of amidine groups is 1. The summed E-state index contributed by atoms with van der Waals surface area (Å²) >= 11 is 0. The predicted molar refractivity (Wildman–Crippen MR) is 104 cm³/mol. The van der Waals surface area contributed by atoms with Crippen molar-refractivity contribution in [1.29, 1.82) is 0 Å². The quantitative estimate of drug-likeness (QED) is 0.349. The molecule has 0 atom stereocenters. The zero-order chi connectivity index (χ0) is 20.9. The summed E-state index contributed by atoms with van der Waals surface area (Å²) in [5.74, 6) is -0.490. The van der Waals surface area contributed by atoms with Crippen molar-refractivity contribution >= 4 is 30.7 Å². The third kappa shape index (κ3) is 5.51. The molecule has 0 unspecified atom stereocenters. The lowest BCUT2D eigenvalue weighted by atomic mass is 10.0. The van der Waals surface area contributed by atoms with Gasteiger partial charge in [0.15, 0.2) is 0 Å². The number of aliphatic imine (C=N–C) groups is 1. The van der Waals surface area contributed by atoms with Gasteiger partial charge in [-0.3, -0.25) is 4.79 Å². The SMILES string of the molecule is C=N/C(=N\OCC1CN(C(=O)OC(C)(C)C)C1)c1cc(NC=O)c(C)cc1F. The zero-order valence-electron chi connectivity index (χ0n) is 16.5. The van der Waals surface area contributed by atoms with E-state index in [1.165, 1.54) is 12.1 Å². The highest BCUT2D eigenvalue weighted by molar-refractivity contribution is 6.02. The first-order valence-corrected chi connectivity index (χ1v) is 8.80. The van der Waals surface area contributed by atoms with E-state index in [4.69, 9.17) is 9.57 Å². The van der Waals surface area contributed by atoms with E-state index >= 15 is 0 Å². The van der Waals surface area contributed by atoms with Gasteiger partial charge in [0, 0.05) is 24.7 Å². The van der Waals surface area contributed by atoms with E-state index in [2.05, 4.69) is 22.2 Å². The number of hydrogen-bond acceptors (Lipinski definition) is 5. The van der Waals surface area contributed by atoms with Gasteiger partial charge in [0.25, 0.3) is 0 Å². The molecule has 1 aliphatic rings. The molecule has 0 bridgehead atoms. The topological polar surface area (TPSA) is 92.6 Å². The largest absolute Gasteiger partial charge is 0.444 e. The standard InChI is InChI=1S/C19H25FN4O4/c1-12-6-15(20)14(7-16(12)22-11-25)17(21-5)23-27-10-13-8-24(9-13)18(26)28-19(2,3)4/h6-7,11,13H,5,8-10H2,1-4H3,(H,22,25)/b23-17-. The first kappa shape index (κ1) is 21.3. The van der Waals surface area contributed by atoms with Gasteiger partial charge >= 0.3 is 6.09 Å². The summed E-state index contributed by atoms with van der Waals surface area (Å²) in [6.45, 7) is 11.7. The molecule has 0 saturated carbocycles. The lowest BCUT2D eigenvalue weighted by Gasteiger charge is -2.38. The number of carbonyl (C=O) groups excluding carboxylic acids is 2. The van der Waals surface area contributed by atoms with Crippen LogP contribution in [0.15, 0.2) is 22.3 Å². The van der Waals surface area contributed by atoms with Crippen molar-refractivity contribution in [2.24, 2.45) is 16.1 Å². The van der Waals surface area contributed by atoms with Crippen molar-refractivity contribution < 1.29 is 23.6 Å². The summed E-state index contributed by atoms with van der Waals surface area (Å²) in [7, 11) is 0. The summed E-state index contributed by atoms with van der Waals surface area (Å²) in [5, 5.41) is 6.34. The summed E-state index contributed by atoms with van der Waals surface area (Å²) in [6, 6.07) is 2.69. The van der Waals surface area contributed by atoms with Crippen molar-refractivity contribution in [1.82, 2.24) is 4.90 Å². The van der Waals surface area contributed by atoms with Gasteiger partial charge in [0.1, 0.15) is 18.0 Å². The molecule has 9 heteroatoms. The maximum absolute atomic E-state index is 14.2. The third-order valence-corrected chi connectivity index (χ3v) is 3.99. The average Bonchev–Trinajstić information content (AvgIpc) is 2.54. The molecule has 0 radical (unpaired) electrons. The highest BCUT2D eigenvalue weighted by Crippen LogP contribution is 2.22. The van der Waals surface area contributed by atoms with Crippen LogP contribution < -0.4 is 5.32 Å². The van der Waals surface area contributed by atoms with Crippen molar-refractivity contribution in [2.75, 3.05) is 25.0 Å². The van der Waals surface area contributed by atoms with Crippen molar-refractivity contribution in [3.8, 4) is 0 Å². The maximum Gasteiger partial charge on any atom is 0.410 e. The Kier molecular flexibility index (Phi) is 6.71. The monoisotopic (exact) mass is 392 g/mol. The number of nitrogens with one attached hydrogen (secondary N) is 1. The third-order valence-electron chi connectivity index (χ3n) is 3.99. The Labute approximate surface area is 163 Å². The molecule has 0 spiro atoms. The summed E-state index contributed by atoms with van der Waals surface area (Å²) < 4.78 is 19.5. The first-order valence-electron chi connectivity index (χ1n) is 8.80. The fraction of sp³-hybridized carbons (Fsp3) is 0.474. The van der Waals surface area contributed by atoms with Gasteiger partial charge in [-0.25, -0.2) is 14.2 Å². The molecule has 2 amide bonds. The van der Waals surface area contributed by atoms with Crippen LogP contribution in [0.4, 0.5) is 14.9 Å². The Morgan fingerprint density at radius 1 is 1.43 bits per heavy atom. The second kappa shape index (κ2) is 8.81. The number of oxime groups is 1. The van der Waals surface area contributed by atoms with E-state index < -0.39 is 11.4 Å².